The van der Waals surface area contributed by atoms with E-state index in [2.05, 4.69) is 77.5 Å². The van der Waals surface area contributed by atoms with Gasteiger partial charge in [-0.05, 0) is 64.9 Å². The van der Waals surface area contributed by atoms with Gasteiger partial charge >= 0.3 is 5.97 Å². The molecule has 3 nitrogen and oxygen atoms in total. The smallest absolute Gasteiger partial charge is 0.336 e. The van der Waals surface area contributed by atoms with E-state index in [1.807, 2.05) is 12.1 Å². The minimum Gasteiger partial charge on any atom is -0.478 e. The van der Waals surface area contributed by atoms with Crippen LogP contribution < -0.4 is 0 Å². The molecular formula is C30H24ClNO2. The van der Waals surface area contributed by atoms with Crippen molar-refractivity contribution in [2.75, 3.05) is 0 Å². The van der Waals surface area contributed by atoms with Crippen molar-refractivity contribution in [2.45, 2.75) is 19.4 Å². The fourth-order valence-electron chi connectivity index (χ4n) is 4.52. The van der Waals surface area contributed by atoms with Crippen molar-refractivity contribution in [3.05, 3.63) is 142 Å². The fourth-order valence-corrected chi connectivity index (χ4v) is 4.69. The zero-order chi connectivity index (χ0) is 23.5. The Morgan fingerprint density at radius 3 is 2.12 bits per heavy atom. The maximum Gasteiger partial charge on any atom is 0.336 e. The summed E-state index contributed by atoms with van der Waals surface area (Å²) in [6.07, 6.45) is 3.62. The first-order valence-corrected chi connectivity index (χ1v) is 11.6. The van der Waals surface area contributed by atoms with E-state index in [0.29, 0.717) is 11.4 Å². The molecule has 5 aromatic rings. The molecule has 0 atom stereocenters. The fraction of sp³-hybridized carbons (Fsp3) is 0.100. The van der Waals surface area contributed by atoms with Gasteiger partial charge in [-0.2, -0.15) is 0 Å². The number of carboxylic acids is 1. The molecule has 1 heterocycles. The van der Waals surface area contributed by atoms with Crippen molar-refractivity contribution < 1.29 is 9.90 Å². The minimum absolute atomic E-state index is 0.249. The number of aromatic carboxylic acids is 1. The minimum atomic E-state index is -0.961. The summed E-state index contributed by atoms with van der Waals surface area (Å²) in [6, 6.07) is 32.4. The van der Waals surface area contributed by atoms with Gasteiger partial charge in [0, 0.05) is 28.7 Å². The highest BCUT2D eigenvalue weighted by atomic mass is 35.5. The highest BCUT2D eigenvalue weighted by molar-refractivity contribution is 6.31. The van der Waals surface area contributed by atoms with Crippen LogP contribution in [0.1, 0.15) is 38.2 Å². The predicted molar refractivity (Wildman–Crippen MR) is 138 cm³/mol. The van der Waals surface area contributed by atoms with Gasteiger partial charge in [-0.1, -0.05) is 84.4 Å². The molecule has 0 saturated carbocycles. The Kier molecular flexibility index (Phi) is 6.20. The third-order valence-electron chi connectivity index (χ3n) is 6.16. The molecule has 0 radical (unpaired) electrons. The molecule has 0 aliphatic heterocycles. The molecule has 0 aliphatic rings. The Hall–Kier alpha value is -3.82. The highest BCUT2D eigenvalue weighted by Gasteiger charge is 2.14. The van der Waals surface area contributed by atoms with E-state index in [9.17, 15) is 9.90 Å². The molecule has 0 amide bonds. The molecule has 4 heteroatoms. The van der Waals surface area contributed by atoms with Gasteiger partial charge in [-0.3, -0.25) is 0 Å². The summed E-state index contributed by atoms with van der Waals surface area (Å²) in [7, 11) is 0. The van der Waals surface area contributed by atoms with E-state index >= 15 is 0 Å². The van der Waals surface area contributed by atoms with Crippen molar-refractivity contribution >= 4 is 28.5 Å². The van der Waals surface area contributed by atoms with Gasteiger partial charge in [0.05, 0.1) is 5.56 Å². The Morgan fingerprint density at radius 2 is 1.41 bits per heavy atom. The van der Waals surface area contributed by atoms with E-state index < -0.39 is 5.97 Å². The van der Waals surface area contributed by atoms with Crippen LogP contribution in [-0.4, -0.2) is 15.6 Å². The maximum absolute atomic E-state index is 11.7. The first kappa shape index (κ1) is 22.0. The average Bonchev–Trinajstić information content (AvgIpc) is 3.17. The van der Waals surface area contributed by atoms with Gasteiger partial charge in [0.2, 0.25) is 0 Å². The van der Waals surface area contributed by atoms with Gasteiger partial charge in [0.25, 0.3) is 0 Å². The topological polar surface area (TPSA) is 42.2 Å². The Morgan fingerprint density at radius 1 is 0.735 bits per heavy atom. The highest BCUT2D eigenvalue weighted by Crippen LogP contribution is 2.28. The van der Waals surface area contributed by atoms with Gasteiger partial charge in [0.1, 0.15) is 0 Å². The number of hydrogen-bond acceptors (Lipinski definition) is 1. The van der Waals surface area contributed by atoms with Crippen LogP contribution in [0.3, 0.4) is 0 Å². The van der Waals surface area contributed by atoms with Gasteiger partial charge < -0.3 is 9.67 Å². The van der Waals surface area contributed by atoms with E-state index in [1.54, 1.807) is 12.1 Å². The second kappa shape index (κ2) is 9.58. The van der Waals surface area contributed by atoms with Crippen molar-refractivity contribution in [3.8, 4) is 0 Å². The zero-order valence-electron chi connectivity index (χ0n) is 18.6. The quantitative estimate of drug-likeness (QED) is 0.275. The predicted octanol–water partition coefficient (Wildman–Crippen LogP) is 7.22. The van der Waals surface area contributed by atoms with Crippen LogP contribution in [0, 0.1) is 0 Å². The zero-order valence-corrected chi connectivity index (χ0v) is 19.4. The standard InChI is InChI=1S/C30H24ClNO2/c31-26-13-12-24(28(18-26)30(33)34)16-23-11-14-29-27(17-23)25(15-21-7-3-1-4-8-21)20-32(29)19-22-9-5-2-6-10-22/h1-14,17-18,20H,15-16,19H2,(H,33,34). The monoisotopic (exact) mass is 465 g/mol. The summed E-state index contributed by atoms with van der Waals surface area (Å²) in [5.74, 6) is -0.961. The second-order valence-corrected chi connectivity index (χ2v) is 9.00. The van der Waals surface area contributed by atoms with Crippen LogP contribution in [0.15, 0.2) is 103 Å². The van der Waals surface area contributed by atoms with Gasteiger partial charge in [0.15, 0.2) is 0 Å². The summed E-state index contributed by atoms with van der Waals surface area (Å²) in [6.45, 7) is 0.797. The van der Waals surface area contributed by atoms with E-state index in [-0.39, 0.29) is 5.56 Å². The van der Waals surface area contributed by atoms with Gasteiger partial charge in [-0.15, -0.1) is 0 Å². The number of fused-ring (bicyclic) bond motifs is 1. The number of nitrogens with zero attached hydrogens (tertiary/aromatic N) is 1. The molecule has 1 N–H and O–H groups in total. The summed E-state index contributed by atoms with van der Waals surface area (Å²) in [5, 5.41) is 11.3. The normalized spacial score (nSPS) is 11.1. The average molecular weight is 466 g/mol. The molecule has 4 aromatic carbocycles. The molecule has 0 bridgehead atoms. The number of hydrogen-bond donors (Lipinski definition) is 1. The van der Waals surface area contributed by atoms with Crippen LogP contribution in [0.4, 0.5) is 0 Å². The maximum atomic E-state index is 11.7. The van der Waals surface area contributed by atoms with Crippen LogP contribution in [0.5, 0.6) is 0 Å². The lowest BCUT2D eigenvalue weighted by molar-refractivity contribution is 0.0696. The summed E-state index contributed by atoms with van der Waals surface area (Å²) in [4.78, 5) is 11.7. The van der Waals surface area contributed by atoms with Crippen molar-refractivity contribution in [1.29, 1.82) is 0 Å². The SMILES string of the molecule is O=C(O)c1cc(Cl)ccc1Cc1ccc2c(c1)c(Cc1ccccc1)cn2Cc1ccccc1. The number of halogens is 1. The molecule has 168 valence electrons. The molecule has 0 saturated heterocycles. The summed E-state index contributed by atoms with van der Waals surface area (Å²) in [5.41, 5.74) is 7.02. The van der Waals surface area contributed by atoms with Crippen LogP contribution in [0.2, 0.25) is 5.02 Å². The molecule has 0 fully saturated rings. The lowest BCUT2D eigenvalue weighted by Crippen LogP contribution is -2.03. The van der Waals surface area contributed by atoms with Crippen molar-refractivity contribution in [3.63, 3.8) is 0 Å². The molecule has 0 aliphatic carbocycles. The number of benzene rings is 4. The molecule has 0 unspecified atom stereocenters. The molecule has 34 heavy (non-hydrogen) atoms. The number of carbonyl (C=O) groups is 1. The Balaban J connectivity index is 1.56. The van der Waals surface area contributed by atoms with Crippen LogP contribution >= 0.6 is 11.6 Å². The Labute approximate surface area is 203 Å². The Bertz CT molecular complexity index is 1460. The second-order valence-electron chi connectivity index (χ2n) is 8.57. The number of aromatic nitrogens is 1. The lowest BCUT2D eigenvalue weighted by atomic mass is 9.97. The van der Waals surface area contributed by atoms with Crippen LogP contribution in [-0.2, 0) is 19.4 Å². The first-order chi connectivity index (χ1) is 16.6. The van der Waals surface area contributed by atoms with Crippen LogP contribution in [0.25, 0.3) is 10.9 Å². The van der Waals surface area contributed by atoms with Crippen molar-refractivity contribution in [2.24, 2.45) is 0 Å². The van der Waals surface area contributed by atoms with Gasteiger partial charge in [-0.25, -0.2) is 4.79 Å². The number of rotatable bonds is 7. The third kappa shape index (κ3) is 4.75. The molecule has 0 spiro atoms. The molecule has 1 aromatic heterocycles. The van der Waals surface area contributed by atoms with E-state index in [1.165, 1.54) is 33.7 Å². The van der Waals surface area contributed by atoms with Crippen molar-refractivity contribution in [1.82, 2.24) is 4.57 Å². The number of carboxylic acid groups (broad SMARTS) is 1. The summed E-state index contributed by atoms with van der Waals surface area (Å²) < 4.78 is 2.30. The van der Waals surface area contributed by atoms with E-state index in [4.69, 9.17) is 11.6 Å². The first-order valence-electron chi connectivity index (χ1n) is 11.3. The lowest BCUT2D eigenvalue weighted by Gasteiger charge is -2.09. The third-order valence-corrected chi connectivity index (χ3v) is 6.39. The van der Waals surface area contributed by atoms with E-state index in [0.717, 1.165) is 24.1 Å². The largest absolute Gasteiger partial charge is 0.478 e. The molecular weight excluding hydrogens is 442 g/mol. The summed E-state index contributed by atoms with van der Waals surface area (Å²) >= 11 is 6.04. The molecule has 5 rings (SSSR count).